The average molecular weight is 670 g/mol. The van der Waals surface area contributed by atoms with Gasteiger partial charge in [-0.15, -0.1) is 0 Å². The van der Waals surface area contributed by atoms with Gasteiger partial charge in [-0.05, 0) is 81.6 Å². The second-order valence-corrected chi connectivity index (χ2v) is 10.6. The molecule has 0 aliphatic rings. The lowest BCUT2D eigenvalue weighted by molar-refractivity contribution is -0.117. The lowest BCUT2D eigenvalue weighted by atomic mass is 10.2. The van der Waals surface area contributed by atoms with Gasteiger partial charge in [-0.1, -0.05) is 74.1 Å². The molecule has 0 aliphatic heterocycles. The molecule has 8 nitrogen and oxygen atoms in total. The highest BCUT2D eigenvalue weighted by Gasteiger charge is 2.13. The Kier molecular flexibility index (Phi) is 22.5. The molecule has 0 saturated carbocycles. The number of allylic oxidation sites excluding steroid dienone is 6. The molecular formula is C37H48FNO7S. The van der Waals surface area contributed by atoms with Crippen LogP contribution in [0, 0.1) is 19.7 Å². The van der Waals surface area contributed by atoms with Gasteiger partial charge in [0.05, 0.1) is 25.7 Å². The molecule has 0 atom stereocenters. The Morgan fingerprint density at radius 2 is 1.70 bits per heavy atom. The maximum Gasteiger partial charge on any atom is 0.290 e. The van der Waals surface area contributed by atoms with Crippen LogP contribution in [-0.2, 0) is 9.53 Å². The standard InChI is InChI=1S/C20H21FO4.C8H10O.C7H11NO2S.C2H6/c1-4-14(2)7-5-6-10-23-11-12-24-20-15(3)25-18-9-8-16(21)13-17(18)19(20)22;1-7-3-5-8(9-2)6-4-7;1-4-5(2)11-7(10)8-6(3)9;1-2/h4-9,13H,1,10-12H2,2-3H3;3-6H,1-2H3;4H,1-3H3,(H,8,9,10);1-2H3/b6-5-,14-7-;;5-4+;. The number of carbonyl (C=O) groups is 2. The van der Waals surface area contributed by atoms with Gasteiger partial charge in [-0.3, -0.25) is 19.7 Å². The molecule has 1 N–H and O–H groups in total. The van der Waals surface area contributed by atoms with Gasteiger partial charge in [-0.2, -0.15) is 0 Å². The van der Waals surface area contributed by atoms with Gasteiger partial charge in [0.15, 0.2) is 0 Å². The lowest BCUT2D eigenvalue weighted by Crippen LogP contribution is -2.23. The van der Waals surface area contributed by atoms with Crippen molar-refractivity contribution in [2.75, 3.05) is 26.9 Å². The summed E-state index contributed by atoms with van der Waals surface area (Å²) in [7, 11) is 1.67. The molecule has 2 amide bonds. The highest BCUT2D eigenvalue weighted by Crippen LogP contribution is 2.21. The highest BCUT2D eigenvalue weighted by atomic mass is 32.2. The van der Waals surface area contributed by atoms with Crippen LogP contribution >= 0.6 is 11.8 Å². The second-order valence-electron chi connectivity index (χ2n) is 9.41. The maximum absolute atomic E-state index is 13.3. The number of halogens is 1. The summed E-state index contributed by atoms with van der Waals surface area (Å²) in [5.41, 5.74) is 2.27. The summed E-state index contributed by atoms with van der Waals surface area (Å²) in [6.07, 6.45) is 9.25. The van der Waals surface area contributed by atoms with Gasteiger partial charge in [0, 0.05) is 6.92 Å². The Hall–Kier alpha value is -4.41. The van der Waals surface area contributed by atoms with Crippen LogP contribution in [0.3, 0.4) is 0 Å². The molecule has 0 fully saturated rings. The Bertz CT molecular complexity index is 1560. The summed E-state index contributed by atoms with van der Waals surface area (Å²) in [6.45, 7) is 19.2. The van der Waals surface area contributed by atoms with Crippen molar-refractivity contribution in [2.24, 2.45) is 0 Å². The van der Waals surface area contributed by atoms with E-state index in [9.17, 15) is 18.8 Å². The molecule has 0 aliphatic carbocycles. The topological polar surface area (TPSA) is 104 Å². The Morgan fingerprint density at radius 1 is 1.04 bits per heavy atom. The number of hydrogen-bond donors (Lipinski definition) is 1. The van der Waals surface area contributed by atoms with Crippen LogP contribution in [0.1, 0.15) is 52.9 Å². The number of methoxy groups -OCH3 is 1. The van der Waals surface area contributed by atoms with E-state index in [0.29, 0.717) is 24.6 Å². The molecule has 0 radical (unpaired) electrons. The van der Waals surface area contributed by atoms with Crippen LogP contribution in [0.15, 0.2) is 99.1 Å². The molecule has 256 valence electrons. The number of imide groups is 1. The predicted molar refractivity (Wildman–Crippen MR) is 192 cm³/mol. The predicted octanol–water partition coefficient (Wildman–Crippen LogP) is 9.25. The van der Waals surface area contributed by atoms with E-state index in [2.05, 4.69) is 18.8 Å². The summed E-state index contributed by atoms with van der Waals surface area (Å²) in [5, 5.41) is 1.99. The van der Waals surface area contributed by atoms with Gasteiger partial charge in [-0.25, -0.2) is 4.39 Å². The number of aryl methyl sites for hydroxylation is 2. The fraction of sp³-hybridized carbons (Fsp3) is 0.324. The van der Waals surface area contributed by atoms with Crippen LogP contribution in [-0.4, -0.2) is 38.1 Å². The van der Waals surface area contributed by atoms with Crippen LogP contribution < -0.4 is 20.2 Å². The number of nitrogens with one attached hydrogen (secondary N) is 1. The van der Waals surface area contributed by atoms with Crippen molar-refractivity contribution in [2.45, 2.75) is 55.4 Å². The van der Waals surface area contributed by atoms with E-state index in [1.165, 1.54) is 24.6 Å². The normalized spacial score (nSPS) is 10.9. The van der Waals surface area contributed by atoms with Crippen LogP contribution in [0.2, 0.25) is 0 Å². The highest BCUT2D eigenvalue weighted by molar-refractivity contribution is 8.16. The van der Waals surface area contributed by atoms with Crippen molar-refractivity contribution >= 4 is 33.9 Å². The third kappa shape index (κ3) is 18.4. The summed E-state index contributed by atoms with van der Waals surface area (Å²) in [5.74, 6) is 0.535. The number of benzene rings is 2. The molecule has 3 rings (SSSR count). The quantitative estimate of drug-likeness (QED) is 0.168. The van der Waals surface area contributed by atoms with E-state index in [1.54, 1.807) is 20.1 Å². The number of thioether (sulfide) groups is 1. The molecule has 3 aromatic rings. The van der Waals surface area contributed by atoms with Crippen molar-refractivity contribution in [3.8, 4) is 11.5 Å². The van der Waals surface area contributed by atoms with E-state index < -0.39 is 5.82 Å². The molecule has 2 aromatic carbocycles. The first-order valence-corrected chi connectivity index (χ1v) is 15.9. The van der Waals surface area contributed by atoms with Crippen molar-refractivity contribution in [1.29, 1.82) is 0 Å². The third-order valence-corrected chi connectivity index (χ3v) is 6.52. The summed E-state index contributed by atoms with van der Waals surface area (Å²) >= 11 is 1.02. The largest absolute Gasteiger partial charge is 0.497 e. The Labute approximate surface area is 282 Å². The molecule has 0 unspecified atom stereocenters. The molecule has 0 spiro atoms. The molecule has 1 aromatic heterocycles. The first-order valence-electron chi connectivity index (χ1n) is 15.0. The van der Waals surface area contributed by atoms with Gasteiger partial charge < -0.3 is 18.6 Å². The van der Waals surface area contributed by atoms with Gasteiger partial charge in [0.2, 0.25) is 17.1 Å². The Balaban J connectivity index is 0.000000791. The second kappa shape index (κ2) is 24.8. The van der Waals surface area contributed by atoms with Crippen molar-refractivity contribution in [1.82, 2.24) is 5.32 Å². The van der Waals surface area contributed by atoms with Crippen molar-refractivity contribution in [3.05, 3.63) is 117 Å². The zero-order chi connectivity index (χ0) is 35.8. The summed E-state index contributed by atoms with van der Waals surface area (Å²) in [6, 6.07) is 11.8. The number of hydrogen-bond acceptors (Lipinski definition) is 8. The monoisotopic (exact) mass is 669 g/mol. The van der Waals surface area contributed by atoms with Crippen molar-refractivity contribution in [3.63, 3.8) is 0 Å². The number of fused-ring (bicyclic) bond motifs is 1. The van der Waals surface area contributed by atoms with Crippen LogP contribution in [0.25, 0.3) is 11.0 Å². The molecule has 1 heterocycles. The summed E-state index contributed by atoms with van der Waals surface area (Å²) < 4.78 is 34.7. The van der Waals surface area contributed by atoms with Crippen LogP contribution in [0.5, 0.6) is 11.5 Å². The number of amides is 2. The van der Waals surface area contributed by atoms with E-state index in [-0.39, 0.29) is 34.3 Å². The fourth-order valence-electron chi connectivity index (χ4n) is 3.18. The number of rotatable bonds is 10. The maximum atomic E-state index is 13.3. The van der Waals surface area contributed by atoms with Crippen molar-refractivity contribution < 1.29 is 32.6 Å². The number of carbonyl (C=O) groups excluding carboxylic acids is 2. The molecular weight excluding hydrogens is 621 g/mol. The third-order valence-electron chi connectivity index (χ3n) is 5.68. The summed E-state index contributed by atoms with van der Waals surface area (Å²) in [4.78, 5) is 34.4. The Morgan fingerprint density at radius 3 is 2.28 bits per heavy atom. The van der Waals surface area contributed by atoms with E-state index in [4.69, 9.17) is 18.6 Å². The first-order chi connectivity index (χ1) is 22.4. The molecule has 0 saturated heterocycles. The minimum atomic E-state index is -0.495. The zero-order valence-electron chi connectivity index (χ0n) is 28.9. The lowest BCUT2D eigenvalue weighted by Gasteiger charge is -2.09. The van der Waals surface area contributed by atoms with Gasteiger partial charge in [0.1, 0.15) is 29.5 Å². The van der Waals surface area contributed by atoms with Crippen LogP contribution in [0.4, 0.5) is 9.18 Å². The van der Waals surface area contributed by atoms with Gasteiger partial charge in [0.25, 0.3) is 5.24 Å². The zero-order valence-corrected chi connectivity index (χ0v) is 29.7. The van der Waals surface area contributed by atoms with E-state index in [0.717, 1.165) is 34.1 Å². The average Bonchev–Trinajstić information content (AvgIpc) is 3.05. The minimum Gasteiger partial charge on any atom is -0.497 e. The smallest absolute Gasteiger partial charge is 0.290 e. The van der Waals surface area contributed by atoms with Gasteiger partial charge >= 0.3 is 0 Å². The van der Waals surface area contributed by atoms with E-state index >= 15 is 0 Å². The first kappa shape index (κ1) is 42.6. The minimum absolute atomic E-state index is 0.0850. The fourth-order valence-corrected chi connectivity index (χ4v) is 3.78. The molecule has 47 heavy (non-hydrogen) atoms. The number of ether oxygens (including phenoxy) is 3. The molecule has 10 heteroatoms. The molecule has 0 bridgehead atoms. The van der Waals surface area contributed by atoms with E-state index in [1.807, 2.05) is 83.2 Å². The SMILES string of the molecule is C/C=C(\C)SC(=O)NC(C)=O.C=C/C(C)=C\C=C/COCCOc1c(C)oc2ccc(F)cc2c1=O.CC.COc1ccc(C)cc1.